The number of amides is 1. The van der Waals surface area contributed by atoms with Crippen molar-refractivity contribution >= 4 is 5.91 Å². The number of aromatic nitrogens is 4. The quantitative estimate of drug-likeness (QED) is 0.391. The first kappa shape index (κ1) is 24.4. The van der Waals surface area contributed by atoms with Crippen molar-refractivity contribution in [3.8, 4) is 40.0 Å². The summed E-state index contributed by atoms with van der Waals surface area (Å²) in [6, 6.07) is 13.7. The van der Waals surface area contributed by atoms with E-state index in [4.69, 9.17) is 4.74 Å². The van der Waals surface area contributed by atoms with E-state index in [0.29, 0.717) is 28.1 Å². The summed E-state index contributed by atoms with van der Waals surface area (Å²) in [7, 11) is 1.49. The van der Waals surface area contributed by atoms with Gasteiger partial charge in [0.25, 0.3) is 5.91 Å². The van der Waals surface area contributed by atoms with Crippen LogP contribution in [-0.4, -0.2) is 44.7 Å². The van der Waals surface area contributed by atoms with Crippen LogP contribution in [0.1, 0.15) is 15.9 Å². The average Bonchev–Trinajstić information content (AvgIpc) is 2.87. The van der Waals surface area contributed by atoms with Crippen LogP contribution in [-0.2, 0) is 6.54 Å². The van der Waals surface area contributed by atoms with Gasteiger partial charge in [-0.25, -0.2) is 4.98 Å². The number of hydrogen-bond donors (Lipinski definition) is 2. The first-order chi connectivity index (χ1) is 17.2. The normalized spacial score (nSPS) is 11.1. The second kappa shape index (κ2) is 10.3. The number of rotatable bonds is 7. The van der Waals surface area contributed by atoms with E-state index in [1.165, 1.54) is 25.4 Å². The highest BCUT2D eigenvalue weighted by Gasteiger charge is 2.31. The Morgan fingerprint density at radius 1 is 1.08 bits per heavy atom. The fourth-order valence-corrected chi connectivity index (χ4v) is 3.29. The van der Waals surface area contributed by atoms with E-state index in [9.17, 15) is 23.1 Å². The lowest BCUT2D eigenvalue weighted by Gasteiger charge is -2.15. The molecular weight excluding hydrogens is 479 g/mol. The lowest BCUT2D eigenvalue weighted by molar-refractivity contribution is -0.274. The Bertz CT molecular complexity index is 1370. The molecule has 2 N–H and O–H groups in total. The second-order valence-electron chi connectivity index (χ2n) is 7.32. The summed E-state index contributed by atoms with van der Waals surface area (Å²) in [6.07, 6.45) is -2.25. The van der Waals surface area contributed by atoms with Crippen molar-refractivity contribution in [2.75, 3.05) is 7.11 Å². The van der Waals surface area contributed by atoms with Gasteiger partial charge in [-0.3, -0.25) is 4.79 Å². The van der Waals surface area contributed by atoms with Crippen molar-refractivity contribution in [2.24, 2.45) is 0 Å². The number of aromatic hydroxyl groups is 1. The number of carbonyl (C=O) groups excluding carboxylic acids is 1. The molecule has 0 saturated heterocycles. The lowest BCUT2D eigenvalue weighted by atomic mass is 9.99. The van der Waals surface area contributed by atoms with Gasteiger partial charge in [0.15, 0.2) is 5.82 Å². The van der Waals surface area contributed by atoms with Crippen LogP contribution in [0.15, 0.2) is 67.0 Å². The van der Waals surface area contributed by atoms with Crippen LogP contribution in [0.25, 0.3) is 22.6 Å². The van der Waals surface area contributed by atoms with E-state index in [0.717, 1.165) is 12.3 Å². The van der Waals surface area contributed by atoms with Gasteiger partial charge in [0.2, 0.25) is 5.88 Å². The third kappa shape index (κ3) is 5.84. The summed E-state index contributed by atoms with van der Waals surface area (Å²) in [6.45, 7) is -0.0716. The van der Waals surface area contributed by atoms with Gasteiger partial charge in [-0.15, -0.1) is 18.3 Å². The Balaban J connectivity index is 1.57. The second-order valence-corrected chi connectivity index (χ2v) is 7.32. The lowest BCUT2D eigenvalue weighted by Crippen LogP contribution is -2.24. The van der Waals surface area contributed by atoms with Crippen molar-refractivity contribution < 1.29 is 32.5 Å². The Kier molecular flexibility index (Phi) is 6.95. The van der Waals surface area contributed by atoms with Crippen molar-refractivity contribution in [3.63, 3.8) is 0 Å². The first-order valence-electron chi connectivity index (χ1n) is 10.4. The molecule has 4 rings (SSSR count). The Labute approximate surface area is 202 Å². The number of ether oxygens (including phenoxy) is 2. The van der Waals surface area contributed by atoms with Crippen molar-refractivity contribution in [1.29, 1.82) is 0 Å². The number of carbonyl (C=O) groups is 1. The summed E-state index contributed by atoms with van der Waals surface area (Å²) in [4.78, 5) is 20.6. The van der Waals surface area contributed by atoms with Crippen molar-refractivity contribution in [3.05, 3.63) is 78.1 Å². The fourth-order valence-electron chi connectivity index (χ4n) is 3.29. The van der Waals surface area contributed by atoms with Gasteiger partial charge in [0, 0.05) is 18.9 Å². The monoisotopic (exact) mass is 497 g/mol. The van der Waals surface area contributed by atoms with Gasteiger partial charge in [-0.05, 0) is 53.1 Å². The van der Waals surface area contributed by atoms with E-state index < -0.39 is 23.9 Å². The average molecular weight is 497 g/mol. The molecule has 0 aliphatic rings. The fraction of sp³-hybridized carbons (Fsp3) is 0.125. The van der Waals surface area contributed by atoms with Crippen LogP contribution < -0.4 is 14.8 Å². The molecule has 0 radical (unpaired) electrons. The zero-order chi connectivity index (χ0) is 25.7. The molecular formula is C24H18F3N5O4. The van der Waals surface area contributed by atoms with Crippen LogP contribution in [0.3, 0.4) is 0 Å². The highest BCUT2D eigenvalue weighted by molar-refractivity contribution is 5.96. The molecule has 36 heavy (non-hydrogen) atoms. The topological polar surface area (TPSA) is 119 Å². The molecule has 0 atom stereocenters. The van der Waals surface area contributed by atoms with Crippen LogP contribution in [0.5, 0.6) is 17.4 Å². The predicted molar refractivity (Wildman–Crippen MR) is 121 cm³/mol. The zero-order valence-corrected chi connectivity index (χ0v) is 18.7. The number of methoxy groups -OCH3 is 1. The molecule has 0 fully saturated rings. The molecule has 0 aliphatic carbocycles. The predicted octanol–water partition coefficient (Wildman–Crippen LogP) is 4.14. The first-order valence-corrected chi connectivity index (χ1v) is 10.4. The molecule has 0 unspecified atom stereocenters. The van der Waals surface area contributed by atoms with Crippen LogP contribution in [0, 0.1) is 0 Å². The maximum Gasteiger partial charge on any atom is 0.573 e. The minimum absolute atomic E-state index is 0.0716. The number of nitrogens with one attached hydrogen (secondary N) is 1. The van der Waals surface area contributed by atoms with E-state index in [-0.39, 0.29) is 17.9 Å². The zero-order valence-electron chi connectivity index (χ0n) is 18.7. The van der Waals surface area contributed by atoms with E-state index in [1.807, 2.05) is 0 Å². The largest absolute Gasteiger partial charge is 0.573 e. The van der Waals surface area contributed by atoms with Gasteiger partial charge in [0.05, 0.1) is 7.11 Å². The molecule has 2 aromatic carbocycles. The molecule has 2 heterocycles. The highest BCUT2D eigenvalue weighted by Crippen LogP contribution is 2.32. The molecule has 4 aromatic rings. The van der Waals surface area contributed by atoms with Gasteiger partial charge in [0.1, 0.15) is 22.8 Å². The van der Waals surface area contributed by atoms with Gasteiger partial charge >= 0.3 is 6.36 Å². The molecule has 0 bridgehead atoms. The standard InChI is InChI=1S/C24H18F3N5O4/c1-35-16-7-4-14(5-8-16)18-11-17(36-24(25,26)27)9-6-15(18)12-29-22(33)19-13-28-21(31-23(19)34)20-3-2-10-30-32-20/h2-11,13H,12H2,1H3,(H,29,33)(H,28,31,34). The van der Waals surface area contributed by atoms with Gasteiger partial charge in [-0.2, -0.15) is 10.1 Å². The molecule has 12 heteroatoms. The minimum atomic E-state index is -4.86. The Morgan fingerprint density at radius 2 is 1.83 bits per heavy atom. The van der Waals surface area contributed by atoms with E-state index >= 15 is 0 Å². The van der Waals surface area contributed by atoms with Crippen LogP contribution in [0.4, 0.5) is 13.2 Å². The molecule has 1 amide bonds. The number of halogens is 3. The number of hydrogen-bond acceptors (Lipinski definition) is 8. The van der Waals surface area contributed by atoms with Gasteiger partial charge in [-0.1, -0.05) is 18.2 Å². The Hall–Kier alpha value is -4.74. The third-order valence-electron chi connectivity index (χ3n) is 4.97. The van der Waals surface area contributed by atoms with E-state index in [2.05, 4.69) is 30.2 Å². The van der Waals surface area contributed by atoms with Gasteiger partial charge < -0.3 is 19.9 Å². The Morgan fingerprint density at radius 3 is 2.47 bits per heavy atom. The summed E-state index contributed by atoms with van der Waals surface area (Å²) >= 11 is 0. The number of alkyl halides is 3. The minimum Gasteiger partial charge on any atom is -0.497 e. The molecule has 9 nitrogen and oxygen atoms in total. The molecule has 2 aromatic heterocycles. The summed E-state index contributed by atoms with van der Waals surface area (Å²) in [5.41, 5.74) is 1.60. The SMILES string of the molecule is COc1ccc(-c2cc(OC(F)(F)F)ccc2CNC(=O)c2cnc(-c3cccnn3)nc2O)cc1. The van der Waals surface area contributed by atoms with Crippen LogP contribution in [0.2, 0.25) is 0 Å². The smallest absolute Gasteiger partial charge is 0.497 e. The van der Waals surface area contributed by atoms with E-state index in [1.54, 1.807) is 36.4 Å². The number of benzene rings is 2. The summed E-state index contributed by atoms with van der Waals surface area (Å²) in [5.74, 6) is -1.01. The third-order valence-corrected chi connectivity index (χ3v) is 4.97. The molecule has 184 valence electrons. The number of nitrogens with zero attached hydrogens (tertiary/aromatic N) is 4. The van der Waals surface area contributed by atoms with Crippen molar-refractivity contribution in [2.45, 2.75) is 12.9 Å². The van der Waals surface area contributed by atoms with Crippen molar-refractivity contribution in [1.82, 2.24) is 25.5 Å². The molecule has 0 spiro atoms. The van der Waals surface area contributed by atoms with Crippen LogP contribution >= 0.6 is 0 Å². The highest BCUT2D eigenvalue weighted by atomic mass is 19.4. The maximum atomic E-state index is 12.8. The maximum absolute atomic E-state index is 12.8. The summed E-state index contributed by atoms with van der Waals surface area (Å²) < 4.78 is 47.4. The summed E-state index contributed by atoms with van der Waals surface area (Å²) in [5, 5.41) is 20.4. The molecule has 0 aliphatic heterocycles. The molecule has 0 saturated carbocycles.